The first-order chi connectivity index (χ1) is 11.9. The lowest BCUT2D eigenvalue weighted by molar-refractivity contribution is 0.322. The van der Waals surface area contributed by atoms with Gasteiger partial charge in [0.25, 0.3) is 0 Å². The fourth-order valence-electron chi connectivity index (χ4n) is 1.98. The lowest BCUT2D eigenvalue weighted by Crippen LogP contribution is -2.34. The number of nitrogens with zero attached hydrogens (tertiary/aromatic N) is 1. The number of hydrogen-bond acceptors (Lipinski definition) is 5. The summed E-state index contributed by atoms with van der Waals surface area (Å²) in [5.41, 5.74) is 6.29. The second-order valence-electron chi connectivity index (χ2n) is 5.27. The van der Waals surface area contributed by atoms with Gasteiger partial charge in [-0.05, 0) is 35.7 Å². The summed E-state index contributed by atoms with van der Waals surface area (Å²) >= 11 is 1.71. The minimum Gasteiger partial charge on any atom is -0.492 e. The van der Waals surface area contributed by atoms with Crippen LogP contribution >= 0.6 is 35.3 Å². The maximum absolute atomic E-state index is 11.1. The van der Waals surface area contributed by atoms with Gasteiger partial charge in [-0.3, -0.25) is 9.71 Å². The zero-order valence-corrected chi connectivity index (χ0v) is 18.3. The molecule has 0 aliphatic heterocycles. The van der Waals surface area contributed by atoms with Crippen molar-refractivity contribution in [2.75, 3.05) is 30.7 Å². The van der Waals surface area contributed by atoms with Crippen LogP contribution in [0, 0.1) is 0 Å². The summed E-state index contributed by atoms with van der Waals surface area (Å²) in [4.78, 5) is 5.54. The van der Waals surface area contributed by atoms with E-state index in [-0.39, 0.29) is 24.0 Å². The summed E-state index contributed by atoms with van der Waals surface area (Å²) in [5, 5.41) is 5.03. The Kier molecular flexibility index (Phi) is 9.73. The number of anilines is 1. The van der Waals surface area contributed by atoms with Crippen molar-refractivity contribution >= 4 is 57.0 Å². The van der Waals surface area contributed by atoms with E-state index >= 15 is 0 Å². The molecule has 26 heavy (non-hydrogen) atoms. The predicted molar refractivity (Wildman–Crippen MR) is 118 cm³/mol. The van der Waals surface area contributed by atoms with Crippen molar-refractivity contribution in [3.8, 4) is 5.75 Å². The highest BCUT2D eigenvalue weighted by atomic mass is 127. The fourth-order valence-corrected chi connectivity index (χ4v) is 3.24. The highest BCUT2D eigenvalue weighted by molar-refractivity contribution is 14.0. The molecule has 0 bridgehead atoms. The topological polar surface area (TPSA) is 106 Å². The van der Waals surface area contributed by atoms with Crippen LogP contribution in [0.1, 0.15) is 4.88 Å². The average Bonchev–Trinajstić information content (AvgIpc) is 3.05. The Morgan fingerprint density at radius 3 is 2.62 bits per heavy atom. The minimum atomic E-state index is -3.27. The molecule has 1 aromatic heterocycles. The van der Waals surface area contributed by atoms with Gasteiger partial charge in [0.15, 0.2) is 5.96 Å². The third kappa shape index (κ3) is 9.25. The molecular weight excluding hydrogens is 487 g/mol. The number of aliphatic imine (C=N–C) groups is 1. The first kappa shape index (κ1) is 22.5. The lowest BCUT2D eigenvalue weighted by Gasteiger charge is -2.09. The van der Waals surface area contributed by atoms with Crippen molar-refractivity contribution in [3.63, 3.8) is 0 Å². The van der Waals surface area contributed by atoms with Gasteiger partial charge in [0.1, 0.15) is 12.4 Å². The summed E-state index contributed by atoms with van der Waals surface area (Å²) < 4.78 is 30.2. The standard InChI is InChI=1S/C16H22N4O3S2.HI/c1-25(21,22)20-13-4-6-14(7-5-13)23-11-10-19-16(17)18-9-8-15-3-2-12-24-15;/h2-7,12,20H,8-11H2,1H3,(H3,17,18,19);1H. The molecule has 4 N–H and O–H groups in total. The number of halogens is 1. The third-order valence-corrected chi connectivity index (χ3v) is 4.60. The van der Waals surface area contributed by atoms with E-state index in [1.54, 1.807) is 35.6 Å². The van der Waals surface area contributed by atoms with Gasteiger partial charge < -0.3 is 15.8 Å². The van der Waals surface area contributed by atoms with Gasteiger partial charge in [-0.15, -0.1) is 35.3 Å². The molecule has 0 fully saturated rings. The monoisotopic (exact) mass is 510 g/mol. The summed E-state index contributed by atoms with van der Waals surface area (Å²) in [6.45, 7) is 1.59. The van der Waals surface area contributed by atoms with Crippen LogP contribution in [0.4, 0.5) is 5.69 Å². The van der Waals surface area contributed by atoms with Crippen molar-refractivity contribution in [2.45, 2.75) is 6.42 Å². The maximum atomic E-state index is 11.1. The quantitative estimate of drug-likeness (QED) is 0.208. The number of guanidine groups is 1. The molecule has 0 saturated carbocycles. The van der Waals surface area contributed by atoms with Crippen LogP contribution in [-0.4, -0.2) is 40.3 Å². The Labute approximate surface area is 175 Å². The van der Waals surface area contributed by atoms with E-state index in [0.717, 1.165) is 12.7 Å². The van der Waals surface area contributed by atoms with Crippen molar-refractivity contribution in [1.82, 2.24) is 5.32 Å². The predicted octanol–water partition coefficient (Wildman–Crippen LogP) is 2.26. The van der Waals surface area contributed by atoms with Crippen LogP contribution < -0.4 is 20.5 Å². The highest BCUT2D eigenvalue weighted by Crippen LogP contribution is 2.16. The summed E-state index contributed by atoms with van der Waals surface area (Å²) in [7, 11) is -3.27. The van der Waals surface area contributed by atoms with E-state index in [2.05, 4.69) is 21.1 Å². The molecule has 2 aromatic rings. The Morgan fingerprint density at radius 1 is 1.27 bits per heavy atom. The van der Waals surface area contributed by atoms with E-state index < -0.39 is 10.0 Å². The number of hydrogen-bond donors (Lipinski definition) is 3. The van der Waals surface area contributed by atoms with Crippen LogP contribution in [0.25, 0.3) is 0 Å². The Hall–Kier alpha value is -1.53. The smallest absolute Gasteiger partial charge is 0.229 e. The van der Waals surface area contributed by atoms with Gasteiger partial charge >= 0.3 is 0 Å². The van der Waals surface area contributed by atoms with Crippen molar-refractivity contribution in [1.29, 1.82) is 0 Å². The van der Waals surface area contributed by atoms with Crippen molar-refractivity contribution < 1.29 is 13.2 Å². The van der Waals surface area contributed by atoms with Crippen LogP contribution in [0.3, 0.4) is 0 Å². The lowest BCUT2D eigenvalue weighted by atomic mass is 10.3. The molecule has 0 unspecified atom stereocenters. The normalized spacial score (nSPS) is 11.5. The Balaban J connectivity index is 0.00000338. The van der Waals surface area contributed by atoms with Crippen molar-refractivity contribution in [2.24, 2.45) is 10.7 Å². The second-order valence-corrected chi connectivity index (χ2v) is 8.05. The molecule has 7 nitrogen and oxygen atoms in total. The molecule has 0 saturated heterocycles. The van der Waals surface area contributed by atoms with Crippen molar-refractivity contribution in [3.05, 3.63) is 46.7 Å². The zero-order valence-electron chi connectivity index (χ0n) is 14.3. The highest BCUT2D eigenvalue weighted by Gasteiger charge is 2.02. The first-order valence-corrected chi connectivity index (χ1v) is 10.5. The molecule has 0 aliphatic carbocycles. The number of nitrogens with one attached hydrogen (secondary N) is 2. The number of sulfonamides is 1. The number of benzene rings is 1. The van der Waals surface area contributed by atoms with Crippen LogP contribution in [0.2, 0.25) is 0 Å². The second kappa shape index (κ2) is 11.2. The van der Waals surface area contributed by atoms with E-state index in [1.807, 2.05) is 11.4 Å². The van der Waals surface area contributed by atoms with E-state index in [4.69, 9.17) is 10.5 Å². The molecule has 1 heterocycles. The molecular formula is C16H23IN4O3S2. The third-order valence-electron chi connectivity index (χ3n) is 3.05. The number of nitrogens with two attached hydrogens (primary N) is 1. The molecule has 0 spiro atoms. The molecule has 0 atom stereocenters. The maximum Gasteiger partial charge on any atom is 0.229 e. The fraction of sp³-hybridized carbons (Fsp3) is 0.312. The Bertz CT molecular complexity index is 778. The van der Waals surface area contributed by atoms with Crippen LogP contribution in [0.5, 0.6) is 5.75 Å². The summed E-state index contributed by atoms with van der Waals surface area (Å²) in [5.74, 6) is 1.04. The zero-order chi connectivity index (χ0) is 18.1. The molecule has 2 rings (SSSR count). The molecule has 0 amide bonds. The minimum absolute atomic E-state index is 0. The van der Waals surface area contributed by atoms with Gasteiger partial charge in [-0.25, -0.2) is 8.42 Å². The van der Waals surface area contributed by atoms with Gasteiger partial charge in [0.05, 0.1) is 12.8 Å². The summed E-state index contributed by atoms with van der Waals surface area (Å²) in [6, 6.07) is 10.8. The van der Waals surface area contributed by atoms with Crippen LogP contribution in [-0.2, 0) is 16.4 Å². The molecule has 0 aliphatic rings. The molecule has 144 valence electrons. The largest absolute Gasteiger partial charge is 0.492 e. The van der Waals surface area contributed by atoms with E-state index in [0.29, 0.717) is 37.1 Å². The molecule has 1 aromatic carbocycles. The van der Waals surface area contributed by atoms with Crippen LogP contribution in [0.15, 0.2) is 46.8 Å². The molecule has 10 heteroatoms. The van der Waals surface area contributed by atoms with Gasteiger partial charge in [0, 0.05) is 23.5 Å². The molecule has 0 radical (unpaired) electrons. The van der Waals surface area contributed by atoms with Gasteiger partial charge in [-0.2, -0.15) is 0 Å². The average molecular weight is 510 g/mol. The van der Waals surface area contributed by atoms with E-state index in [1.165, 1.54) is 4.88 Å². The number of rotatable bonds is 9. The van der Waals surface area contributed by atoms with E-state index in [9.17, 15) is 8.42 Å². The number of thiophene rings is 1. The summed E-state index contributed by atoms with van der Waals surface area (Å²) in [6.07, 6.45) is 1.99. The SMILES string of the molecule is CS(=O)(=O)Nc1ccc(OCCNC(N)=NCCc2cccs2)cc1.I. The Morgan fingerprint density at radius 2 is 2.00 bits per heavy atom. The first-order valence-electron chi connectivity index (χ1n) is 7.69. The number of ether oxygens (including phenoxy) is 1. The van der Waals surface area contributed by atoms with Gasteiger partial charge in [-0.1, -0.05) is 6.07 Å². The van der Waals surface area contributed by atoms with Gasteiger partial charge in [0.2, 0.25) is 10.0 Å².